The second-order valence-corrected chi connectivity index (χ2v) is 5.45. The molecule has 0 saturated heterocycles. The molecule has 2 aromatic carbocycles. The van der Waals surface area contributed by atoms with Gasteiger partial charge in [-0.25, -0.2) is 9.18 Å². The zero-order valence-electron chi connectivity index (χ0n) is 13.0. The summed E-state index contributed by atoms with van der Waals surface area (Å²) in [6.45, 7) is 0. The van der Waals surface area contributed by atoms with Crippen LogP contribution in [0.2, 0.25) is 0 Å². The maximum atomic E-state index is 13.1. The summed E-state index contributed by atoms with van der Waals surface area (Å²) < 4.78 is 24.1. The van der Waals surface area contributed by atoms with E-state index in [4.69, 9.17) is 9.15 Å². The summed E-state index contributed by atoms with van der Waals surface area (Å²) in [5, 5.41) is 1.83. The van der Waals surface area contributed by atoms with E-state index in [-0.39, 0.29) is 0 Å². The molecule has 0 bridgehead atoms. The number of benzene rings is 2. The van der Waals surface area contributed by atoms with Crippen LogP contribution in [0.5, 0.6) is 5.75 Å². The molecule has 0 spiro atoms. The normalized spacial score (nSPS) is 11.4. The number of nitrogens with zero attached hydrogens (tertiary/aromatic N) is 1. The van der Waals surface area contributed by atoms with Gasteiger partial charge in [-0.1, -0.05) is 18.2 Å². The van der Waals surface area contributed by atoms with Gasteiger partial charge in [0.2, 0.25) is 0 Å². The van der Waals surface area contributed by atoms with Crippen LogP contribution in [-0.4, -0.2) is 11.0 Å². The highest BCUT2D eigenvalue weighted by molar-refractivity contribution is 6.05. The fourth-order valence-corrected chi connectivity index (χ4v) is 2.60. The molecule has 122 valence electrons. The van der Waals surface area contributed by atoms with Crippen molar-refractivity contribution in [3.05, 3.63) is 78.4 Å². The third kappa shape index (κ3) is 3.12. The molecule has 0 aliphatic heterocycles. The fourth-order valence-electron chi connectivity index (χ4n) is 2.60. The maximum Gasteiger partial charge on any atom is 0.336 e. The molecule has 4 rings (SSSR count). The Morgan fingerprint density at radius 1 is 1.04 bits per heavy atom. The molecular formula is C20H12FNO3. The van der Waals surface area contributed by atoms with Gasteiger partial charge in [-0.15, -0.1) is 0 Å². The molecule has 0 aliphatic carbocycles. The Hall–Kier alpha value is -3.47. The number of hydrogen-bond acceptors (Lipinski definition) is 4. The quantitative estimate of drug-likeness (QED) is 0.309. The molecule has 4 aromatic rings. The number of hydrogen-bond donors (Lipinski definition) is 0. The molecule has 0 fully saturated rings. The summed E-state index contributed by atoms with van der Waals surface area (Å²) in [5.41, 5.74) is 1.98. The van der Waals surface area contributed by atoms with Crippen molar-refractivity contribution in [3.8, 4) is 5.75 Å². The summed E-state index contributed by atoms with van der Waals surface area (Å²) in [4.78, 5) is 15.7. The number of para-hydroxylation sites is 1. The van der Waals surface area contributed by atoms with Gasteiger partial charge >= 0.3 is 5.97 Å². The summed E-state index contributed by atoms with van der Waals surface area (Å²) in [7, 11) is 0. The minimum Gasteiger partial charge on any atom is -0.456 e. The maximum absolute atomic E-state index is 13.1. The third-order valence-corrected chi connectivity index (χ3v) is 3.70. The lowest BCUT2D eigenvalue weighted by atomic mass is 10.1. The van der Waals surface area contributed by atoms with Crippen LogP contribution in [-0.2, 0) is 4.79 Å². The van der Waals surface area contributed by atoms with E-state index < -0.39 is 11.8 Å². The third-order valence-electron chi connectivity index (χ3n) is 3.70. The molecule has 25 heavy (non-hydrogen) atoms. The van der Waals surface area contributed by atoms with Gasteiger partial charge in [-0.05, 0) is 42.0 Å². The van der Waals surface area contributed by atoms with E-state index in [2.05, 4.69) is 4.98 Å². The minimum atomic E-state index is -0.559. The minimum absolute atomic E-state index is 0.408. The highest BCUT2D eigenvalue weighted by atomic mass is 19.1. The number of furan rings is 1. The monoisotopic (exact) mass is 333 g/mol. The lowest BCUT2D eigenvalue weighted by Gasteiger charge is -2.01. The van der Waals surface area contributed by atoms with Crippen LogP contribution in [0.25, 0.3) is 28.0 Å². The standard InChI is InChI=1S/C20H12FNO3/c21-14-9-13(11-22-12-14)5-8-20(23)24-15-6-7-19-17(10-15)16-3-1-2-4-18(16)25-19/h1-12H/b8-5+. The molecule has 0 unspecified atom stereocenters. The highest BCUT2D eigenvalue weighted by Gasteiger charge is 2.08. The van der Waals surface area contributed by atoms with E-state index in [1.807, 2.05) is 24.3 Å². The second-order valence-electron chi connectivity index (χ2n) is 5.45. The van der Waals surface area contributed by atoms with Gasteiger partial charge < -0.3 is 9.15 Å². The van der Waals surface area contributed by atoms with E-state index >= 15 is 0 Å². The Bertz CT molecular complexity index is 1110. The number of halogens is 1. The van der Waals surface area contributed by atoms with Crippen molar-refractivity contribution in [1.29, 1.82) is 0 Å². The average molecular weight is 333 g/mol. The summed E-state index contributed by atoms with van der Waals surface area (Å²) in [6.07, 6.45) is 5.23. The number of fused-ring (bicyclic) bond motifs is 3. The number of ether oxygens (including phenoxy) is 1. The van der Waals surface area contributed by atoms with E-state index in [1.54, 1.807) is 18.2 Å². The predicted octanol–water partition coefficient (Wildman–Crippen LogP) is 4.74. The molecule has 2 heterocycles. The fraction of sp³-hybridized carbons (Fsp3) is 0. The summed E-state index contributed by atoms with van der Waals surface area (Å²) >= 11 is 0. The van der Waals surface area contributed by atoms with Gasteiger partial charge in [0.05, 0.1) is 6.20 Å². The molecule has 5 heteroatoms. The largest absolute Gasteiger partial charge is 0.456 e. The van der Waals surface area contributed by atoms with Gasteiger partial charge in [0.15, 0.2) is 0 Å². The van der Waals surface area contributed by atoms with Gasteiger partial charge in [0.1, 0.15) is 22.7 Å². The zero-order chi connectivity index (χ0) is 17.2. The van der Waals surface area contributed by atoms with Crippen molar-refractivity contribution in [1.82, 2.24) is 4.98 Å². The SMILES string of the molecule is O=C(/C=C/c1cncc(F)c1)Oc1ccc2oc3ccccc3c2c1. The number of aromatic nitrogens is 1. The van der Waals surface area contributed by atoms with Gasteiger partial charge in [-0.3, -0.25) is 4.98 Å². The smallest absolute Gasteiger partial charge is 0.336 e. The molecule has 0 N–H and O–H groups in total. The topological polar surface area (TPSA) is 52.3 Å². The highest BCUT2D eigenvalue weighted by Crippen LogP contribution is 2.31. The van der Waals surface area contributed by atoms with E-state index in [0.29, 0.717) is 11.3 Å². The number of carbonyl (C=O) groups is 1. The van der Waals surface area contributed by atoms with Gasteiger partial charge in [-0.2, -0.15) is 0 Å². The van der Waals surface area contributed by atoms with Crippen LogP contribution in [0, 0.1) is 5.82 Å². The van der Waals surface area contributed by atoms with Crippen molar-refractivity contribution in [2.45, 2.75) is 0 Å². The summed E-state index contributed by atoms with van der Waals surface area (Å²) in [5.74, 6) is -0.615. The summed E-state index contributed by atoms with van der Waals surface area (Å²) in [6, 6.07) is 14.1. The van der Waals surface area contributed by atoms with E-state index in [1.165, 1.54) is 24.4 Å². The first-order valence-electron chi connectivity index (χ1n) is 7.61. The second kappa shape index (κ2) is 6.20. The Morgan fingerprint density at radius 3 is 2.76 bits per heavy atom. The number of rotatable bonds is 3. The molecule has 0 amide bonds. The molecule has 0 radical (unpaired) electrons. The Morgan fingerprint density at radius 2 is 1.88 bits per heavy atom. The van der Waals surface area contributed by atoms with E-state index in [0.717, 1.165) is 28.1 Å². The first-order chi connectivity index (χ1) is 12.2. The van der Waals surface area contributed by atoms with Crippen molar-refractivity contribution >= 4 is 34.0 Å². The van der Waals surface area contributed by atoms with Crippen molar-refractivity contribution in [2.75, 3.05) is 0 Å². The van der Waals surface area contributed by atoms with Crippen LogP contribution in [0.4, 0.5) is 4.39 Å². The van der Waals surface area contributed by atoms with E-state index in [9.17, 15) is 9.18 Å². The van der Waals surface area contributed by atoms with Crippen molar-refractivity contribution in [3.63, 3.8) is 0 Å². The first-order valence-corrected chi connectivity index (χ1v) is 7.61. The molecule has 4 nitrogen and oxygen atoms in total. The average Bonchev–Trinajstić information content (AvgIpc) is 2.98. The number of pyridine rings is 1. The lowest BCUT2D eigenvalue weighted by Crippen LogP contribution is -2.03. The van der Waals surface area contributed by atoms with Gasteiger partial charge in [0, 0.05) is 23.0 Å². The first kappa shape index (κ1) is 15.1. The van der Waals surface area contributed by atoms with Crippen LogP contribution in [0.3, 0.4) is 0 Å². The molecule has 0 saturated carbocycles. The van der Waals surface area contributed by atoms with Crippen LogP contribution < -0.4 is 4.74 Å². The van der Waals surface area contributed by atoms with Gasteiger partial charge in [0.25, 0.3) is 0 Å². The molecule has 0 aliphatic rings. The predicted molar refractivity (Wildman–Crippen MR) is 92.6 cm³/mol. The Balaban J connectivity index is 1.57. The Kier molecular flexibility index (Phi) is 3.74. The molecule has 2 aromatic heterocycles. The molecule has 0 atom stereocenters. The number of esters is 1. The van der Waals surface area contributed by atoms with Crippen molar-refractivity contribution < 1.29 is 18.3 Å². The van der Waals surface area contributed by atoms with Crippen LogP contribution in [0.15, 0.2) is 71.4 Å². The van der Waals surface area contributed by atoms with Crippen molar-refractivity contribution in [2.24, 2.45) is 0 Å². The van der Waals surface area contributed by atoms with Crippen LogP contribution in [0.1, 0.15) is 5.56 Å². The lowest BCUT2D eigenvalue weighted by molar-refractivity contribution is -0.128. The zero-order valence-corrected chi connectivity index (χ0v) is 13.0. The molecular weight excluding hydrogens is 321 g/mol. The van der Waals surface area contributed by atoms with Crippen LogP contribution >= 0.6 is 0 Å². The number of carbonyl (C=O) groups excluding carboxylic acids is 1. The Labute approximate surface area is 142 Å².